The standard InChI is InChI=1S/C20H25NO3/c1-14-5-7-18(8-6-14)24-13-20(22)21-9-10-23-19-12-16(3)15(2)11-17(19)4/h5-8,11-12H,9-10,13H2,1-4H3,(H,21,22). The molecule has 0 aliphatic rings. The van der Waals surface area contributed by atoms with E-state index in [1.807, 2.05) is 44.2 Å². The van der Waals surface area contributed by atoms with E-state index in [0.29, 0.717) is 18.9 Å². The largest absolute Gasteiger partial charge is 0.491 e. The second-order valence-corrected chi connectivity index (χ2v) is 6.00. The Morgan fingerprint density at radius 1 is 0.917 bits per heavy atom. The maximum atomic E-state index is 11.8. The summed E-state index contributed by atoms with van der Waals surface area (Å²) in [6.45, 7) is 9.06. The number of hydrogen-bond acceptors (Lipinski definition) is 3. The molecule has 1 amide bonds. The van der Waals surface area contributed by atoms with Crippen LogP contribution in [0.2, 0.25) is 0 Å². The molecule has 0 aliphatic carbocycles. The maximum Gasteiger partial charge on any atom is 0.258 e. The summed E-state index contributed by atoms with van der Waals surface area (Å²) in [7, 11) is 0. The van der Waals surface area contributed by atoms with Crippen molar-refractivity contribution in [2.24, 2.45) is 0 Å². The number of amides is 1. The van der Waals surface area contributed by atoms with Gasteiger partial charge in [-0.2, -0.15) is 0 Å². The zero-order valence-corrected chi connectivity index (χ0v) is 14.8. The first-order valence-corrected chi connectivity index (χ1v) is 8.12. The summed E-state index contributed by atoms with van der Waals surface area (Å²) in [6, 6.07) is 11.8. The molecule has 1 N–H and O–H groups in total. The fourth-order valence-corrected chi connectivity index (χ4v) is 2.28. The van der Waals surface area contributed by atoms with Gasteiger partial charge in [-0.25, -0.2) is 0 Å². The fourth-order valence-electron chi connectivity index (χ4n) is 2.28. The third kappa shape index (κ3) is 5.30. The highest BCUT2D eigenvalue weighted by atomic mass is 16.5. The van der Waals surface area contributed by atoms with Crippen molar-refractivity contribution in [3.8, 4) is 11.5 Å². The molecule has 128 valence electrons. The monoisotopic (exact) mass is 327 g/mol. The third-order valence-corrected chi connectivity index (χ3v) is 3.86. The lowest BCUT2D eigenvalue weighted by molar-refractivity contribution is -0.123. The molecule has 0 heterocycles. The van der Waals surface area contributed by atoms with Gasteiger partial charge in [-0.1, -0.05) is 23.8 Å². The predicted octanol–water partition coefficient (Wildman–Crippen LogP) is 3.49. The summed E-state index contributed by atoms with van der Waals surface area (Å²) in [5.74, 6) is 1.40. The van der Waals surface area contributed by atoms with E-state index in [0.717, 1.165) is 16.9 Å². The van der Waals surface area contributed by atoms with Gasteiger partial charge in [0.2, 0.25) is 0 Å². The van der Waals surface area contributed by atoms with E-state index in [1.54, 1.807) is 0 Å². The van der Waals surface area contributed by atoms with E-state index in [-0.39, 0.29) is 12.5 Å². The molecule has 2 aromatic carbocycles. The Kier molecular flexibility index (Phi) is 6.24. The molecule has 2 rings (SSSR count). The predicted molar refractivity (Wildman–Crippen MR) is 95.8 cm³/mol. The topological polar surface area (TPSA) is 47.6 Å². The van der Waals surface area contributed by atoms with E-state index in [2.05, 4.69) is 25.2 Å². The highest BCUT2D eigenvalue weighted by Crippen LogP contribution is 2.22. The summed E-state index contributed by atoms with van der Waals surface area (Å²) in [6.07, 6.45) is 0. The zero-order valence-electron chi connectivity index (χ0n) is 14.8. The maximum absolute atomic E-state index is 11.8. The third-order valence-electron chi connectivity index (χ3n) is 3.86. The number of benzene rings is 2. The number of aryl methyl sites for hydroxylation is 4. The van der Waals surface area contributed by atoms with Crippen LogP contribution in [-0.4, -0.2) is 25.7 Å². The molecule has 0 saturated carbocycles. The van der Waals surface area contributed by atoms with Crippen molar-refractivity contribution in [2.75, 3.05) is 19.8 Å². The van der Waals surface area contributed by atoms with Gasteiger partial charge in [-0.3, -0.25) is 4.79 Å². The van der Waals surface area contributed by atoms with Crippen LogP contribution in [0.25, 0.3) is 0 Å². The van der Waals surface area contributed by atoms with Crippen molar-refractivity contribution in [3.05, 3.63) is 58.7 Å². The van der Waals surface area contributed by atoms with Gasteiger partial charge >= 0.3 is 0 Å². The quantitative estimate of drug-likeness (QED) is 0.792. The molecule has 0 bridgehead atoms. The minimum absolute atomic E-state index is 0.00568. The minimum Gasteiger partial charge on any atom is -0.491 e. The second kappa shape index (κ2) is 8.39. The smallest absolute Gasteiger partial charge is 0.258 e. The Morgan fingerprint density at radius 3 is 2.29 bits per heavy atom. The lowest BCUT2D eigenvalue weighted by atomic mass is 10.1. The molecule has 0 fully saturated rings. The van der Waals surface area contributed by atoms with Crippen molar-refractivity contribution in [2.45, 2.75) is 27.7 Å². The lowest BCUT2D eigenvalue weighted by Gasteiger charge is -2.12. The molecule has 0 radical (unpaired) electrons. The van der Waals surface area contributed by atoms with Crippen LogP contribution in [0.4, 0.5) is 0 Å². The van der Waals surface area contributed by atoms with Gasteiger partial charge in [-0.05, 0) is 62.6 Å². The number of carbonyl (C=O) groups is 1. The molecule has 4 nitrogen and oxygen atoms in total. The first-order chi connectivity index (χ1) is 11.5. The Balaban J connectivity index is 1.69. The Bertz CT molecular complexity index is 693. The van der Waals surface area contributed by atoms with Gasteiger partial charge in [0.25, 0.3) is 5.91 Å². The molecular weight excluding hydrogens is 302 g/mol. The summed E-state index contributed by atoms with van der Waals surface area (Å²) >= 11 is 0. The number of hydrogen-bond donors (Lipinski definition) is 1. The number of nitrogens with one attached hydrogen (secondary N) is 1. The van der Waals surface area contributed by atoms with Crippen LogP contribution in [0.5, 0.6) is 11.5 Å². The van der Waals surface area contributed by atoms with Crippen LogP contribution < -0.4 is 14.8 Å². The van der Waals surface area contributed by atoms with Crippen molar-refractivity contribution in [1.82, 2.24) is 5.32 Å². The average Bonchev–Trinajstić information content (AvgIpc) is 2.55. The van der Waals surface area contributed by atoms with Crippen molar-refractivity contribution < 1.29 is 14.3 Å². The van der Waals surface area contributed by atoms with E-state index in [9.17, 15) is 4.79 Å². The van der Waals surface area contributed by atoms with Gasteiger partial charge in [0.15, 0.2) is 6.61 Å². The van der Waals surface area contributed by atoms with Crippen LogP contribution in [0.3, 0.4) is 0 Å². The first-order valence-electron chi connectivity index (χ1n) is 8.12. The fraction of sp³-hybridized carbons (Fsp3) is 0.350. The van der Waals surface area contributed by atoms with Crippen LogP contribution in [0, 0.1) is 27.7 Å². The minimum atomic E-state index is -0.156. The number of ether oxygens (including phenoxy) is 2. The first kappa shape index (κ1) is 17.9. The van der Waals surface area contributed by atoms with Crippen LogP contribution >= 0.6 is 0 Å². The van der Waals surface area contributed by atoms with Gasteiger partial charge in [0.1, 0.15) is 18.1 Å². The van der Waals surface area contributed by atoms with Crippen LogP contribution in [0.15, 0.2) is 36.4 Å². The summed E-state index contributed by atoms with van der Waals surface area (Å²) in [5, 5.41) is 2.79. The van der Waals surface area contributed by atoms with Crippen molar-refractivity contribution in [1.29, 1.82) is 0 Å². The molecule has 4 heteroatoms. The molecular formula is C20H25NO3. The molecule has 0 aromatic heterocycles. The van der Waals surface area contributed by atoms with E-state index in [4.69, 9.17) is 9.47 Å². The highest BCUT2D eigenvalue weighted by molar-refractivity contribution is 5.77. The molecule has 24 heavy (non-hydrogen) atoms. The van der Waals surface area contributed by atoms with Crippen molar-refractivity contribution in [3.63, 3.8) is 0 Å². The molecule has 2 aromatic rings. The van der Waals surface area contributed by atoms with Crippen molar-refractivity contribution >= 4 is 5.91 Å². The van der Waals surface area contributed by atoms with Gasteiger partial charge in [-0.15, -0.1) is 0 Å². The Labute approximate surface area is 143 Å². The van der Waals surface area contributed by atoms with Gasteiger partial charge < -0.3 is 14.8 Å². The van der Waals surface area contributed by atoms with Gasteiger partial charge in [0, 0.05) is 0 Å². The van der Waals surface area contributed by atoms with Crippen LogP contribution in [0.1, 0.15) is 22.3 Å². The highest BCUT2D eigenvalue weighted by Gasteiger charge is 2.05. The average molecular weight is 327 g/mol. The second-order valence-electron chi connectivity index (χ2n) is 6.00. The molecule has 0 aliphatic heterocycles. The Morgan fingerprint density at radius 2 is 1.58 bits per heavy atom. The van der Waals surface area contributed by atoms with Gasteiger partial charge in [0.05, 0.1) is 6.54 Å². The number of carbonyl (C=O) groups excluding carboxylic acids is 1. The molecule has 0 unspecified atom stereocenters. The van der Waals surface area contributed by atoms with E-state index >= 15 is 0 Å². The summed E-state index contributed by atoms with van der Waals surface area (Å²) < 4.78 is 11.2. The zero-order chi connectivity index (χ0) is 17.5. The SMILES string of the molecule is Cc1ccc(OCC(=O)NCCOc2cc(C)c(C)cc2C)cc1. The molecule has 0 saturated heterocycles. The summed E-state index contributed by atoms with van der Waals surface area (Å²) in [4.78, 5) is 11.8. The normalized spacial score (nSPS) is 10.3. The summed E-state index contributed by atoms with van der Waals surface area (Å²) in [5.41, 5.74) is 4.71. The van der Waals surface area contributed by atoms with E-state index < -0.39 is 0 Å². The lowest BCUT2D eigenvalue weighted by Crippen LogP contribution is -2.32. The molecule has 0 spiro atoms. The molecule has 0 atom stereocenters. The Hall–Kier alpha value is -2.49. The van der Waals surface area contributed by atoms with E-state index in [1.165, 1.54) is 11.1 Å². The van der Waals surface area contributed by atoms with Crippen LogP contribution in [-0.2, 0) is 4.79 Å². The number of rotatable bonds is 7.